The van der Waals surface area contributed by atoms with Gasteiger partial charge in [-0.2, -0.15) is 0 Å². The zero-order valence-electron chi connectivity index (χ0n) is 10.6. The van der Waals surface area contributed by atoms with Crippen LogP contribution >= 0.6 is 27.5 Å². The lowest BCUT2D eigenvalue weighted by Crippen LogP contribution is -2.02. The molecule has 3 nitrogen and oxygen atoms in total. The number of aryl methyl sites for hydroxylation is 1. The first-order valence-corrected chi connectivity index (χ1v) is 7.17. The molecule has 5 heteroatoms. The van der Waals surface area contributed by atoms with Crippen molar-refractivity contribution in [3.63, 3.8) is 0 Å². The summed E-state index contributed by atoms with van der Waals surface area (Å²) in [6.07, 6.45) is 3.36. The topological polar surface area (TPSA) is 45.8 Å². The Hall–Kier alpha value is -1.65. The average molecular weight is 350 g/mol. The Kier molecular flexibility index (Phi) is 3.36. The lowest BCUT2D eigenvalue weighted by molar-refractivity contribution is 0.104. The molecule has 0 fully saturated rings. The Labute approximate surface area is 129 Å². The van der Waals surface area contributed by atoms with Crippen molar-refractivity contribution in [1.29, 1.82) is 0 Å². The summed E-state index contributed by atoms with van der Waals surface area (Å²) in [6.45, 7) is 1.88. The first-order valence-electron chi connectivity index (χ1n) is 6.00. The zero-order valence-corrected chi connectivity index (χ0v) is 12.9. The molecule has 2 heterocycles. The van der Waals surface area contributed by atoms with Gasteiger partial charge in [0.25, 0.3) is 0 Å². The van der Waals surface area contributed by atoms with Gasteiger partial charge in [0.2, 0.25) is 0 Å². The number of ketones is 1. The number of carbonyl (C=O) groups is 1. The first-order chi connectivity index (χ1) is 9.58. The van der Waals surface area contributed by atoms with E-state index in [1.54, 1.807) is 18.5 Å². The summed E-state index contributed by atoms with van der Waals surface area (Å²) < 4.78 is 0.828. The molecule has 1 N–H and O–H groups in total. The molecule has 0 aliphatic heterocycles. The number of benzene rings is 1. The van der Waals surface area contributed by atoms with E-state index in [1.165, 1.54) is 0 Å². The molecule has 0 spiro atoms. The lowest BCUT2D eigenvalue weighted by Gasteiger charge is -2.05. The van der Waals surface area contributed by atoms with Crippen molar-refractivity contribution < 1.29 is 4.79 Å². The van der Waals surface area contributed by atoms with Crippen LogP contribution in [0.15, 0.2) is 41.1 Å². The molecule has 0 bridgehead atoms. The van der Waals surface area contributed by atoms with E-state index in [9.17, 15) is 4.79 Å². The summed E-state index contributed by atoms with van der Waals surface area (Å²) in [5, 5.41) is 1.27. The molecule has 20 heavy (non-hydrogen) atoms. The third kappa shape index (κ3) is 2.15. The number of aromatic nitrogens is 2. The molecule has 0 atom stereocenters. The van der Waals surface area contributed by atoms with Gasteiger partial charge in [0.15, 0.2) is 5.78 Å². The minimum absolute atomic E-state index is 0.107. The second kappa shape index (κ2) is 5.04. The number of hydrogen-bond donors (Lipinski definition) is 1. The third-order valence-electron chi connectivity index (χ3n) is 3.18. The van der Waals surface area contributed by atoms with Crippen LogP contribution in [0.5, 0.6) is 0 Å². The molecule has 0 saturated heterocycles. The average Bonchev–Trinajstić information content (AvgIpc) is 2.84. The Balaban J connectivity index is 2.18. The second-order valence-electron chi connectivity index (χ2n) is 4.52. The molecule has 3 rings (SSSR count). The number of fused-ring (bicyclic) bond motifs is 1. The normalized spacial score (nSPS) is 10.9. The smallest absolute Gasteiger partial charge is 0.196 e. The van der Waals surface area contributed by atoms with Gasteiger partial charge in [-0.25, -0.2) is 4.98 Å². The number of pyridine rings is 1. The van der Waals surface area contributed by atoms with Crippen LogP contribution in [0.4, 0.5) is 0 Å². The number of nitrogens with zero attached hydrogens (tertiary/aromatic N) is 1. The first kappa shape index (κ1) is 13.3. The fourth-order valence-corrected chi connectivity index (χ4v) is 2.68. The van der Waals surface area contributed by atoms with Crippen LogP contribution in [0.2, 0.25) is 5.02 Å². The fourth-order valence-electron chi connectivity index (χ4n) is 2.13. The van der Waals surface area contributed by atoms with Gasteiger partial charge >= 0.3 is 0 Å². The number of aromatic amines is 1. The highest BCUT2D eigenvalue weighted by Gasteiger charge is 2.18. The molecule has 0 amide bonds. The van der Waals surface area contributed by atoms with E-state index >= 15 is 0 Å². The molecule has 0 unspecified atom stereocenters. The highest BCUT2D eigenvalue weighted by Crippen LogP contribution is 2.27. The maximum atomic E-state index is 12.7. The monoisotopic (exact) mass is 348 g/mol. The van der Waals surface area contributed by atoms with Gasteiger partial charge in [0.1, 0.15) is 5.65 Å². The fraction of sp³-hybridized carbons (Fsp3) is 0.0667. The Morgan fingerprint density at radius 2 is 2.15 bits per heavy atom. The molecule has 2 aromatic heterocycles. The largest absolute Gasteiger partial charge is 0.345 e. The summed E-state index contributed by atoms with van der Waals surface area (Å²) in [5.74, 6) is -0.107. The summed E-state index contributed by atoms with van der Waals surface area (Å²) in [4.78, 5) is 19.9. The molecular formula is C15H10BrClN2O. The van der Waals surface area contributed by atoms with Crippen molar-refractivity contribution in [1.82, 2.24) is 9.97 Å². The molecule has 0 radical (unpaired) electrons. The minimum Gasteiger partial charge on any atom is -0.345 e. The van der Waals surface area contributed by atoms with E-state index in [1.807, 2.05) is 25.1 Å². The van der Waals surface area contributed by atoms with Gasteiger partial charge in [-0.1, -0.05) is 23.7 Å². The van der Waals surface area contributed by atoms with E-state index in [4.69, 9.17) is 11.6 Å². The zero-order chi connectivity index (χ0) is 14.3. The Morgan fingerprint density at radius 3 is 2.95 bits per heavy atom. The van der Waals surface area contributed by atoms with E-state index in [-0.39, 0.29) is 5.78 Å². The van der Waals surface area contributed by atoms with Crippen LogP contribution in [0.25, 0.3) is 11.0 Å². The molecule has 3 aromatic rings. The standard InChI is InChI=1S/C15H10BrClN2O/c1-8-3-2-4-10(13(8)17)14(20)12-7-19-15-11(12)5-9(16)6-18-15/h2-7H,1H3,(H,18,19). The summed E-state index contributed by atoms with van der Waals surface area (Å²) in [5.41, 5.74) is 2.64. The van der Waals surface area contributed by atoms with Gasteiger partial charge in [-0.15, -0.1) is 0 Å². The van der Waals surface area contributed by atoms with Gasteiger partial charge in [0.05, 0.1) is 5.02 Å². The van der Waals surface area contributed by atoms with Crippen molar-refractivity contribution in [2.45, 2.75) is 6.92 Å². The molecule has 0 aliphatic rings. The number of rotatable bonds is 2. The predicted octanol–water partition coefficient (Wildman–Crippen LogP) is 4.52. The predicted molar refractivity (Wildman–Crippen MR) is 83.4 cm³/mol. The van der Waals surface area contributed by atoms with Crippen molar-refractivity contribution in [2.75, 3.05) is 0 Å². The van der Waals surface area contributed by atoms with Crippen LogP contribution in [0.3, 0.4) is 0 Å². The minimum atomic E-state index is -0.107. The van der Waals surface area contributed by atoms with Crippen LogP contribution in [-0.2, 0) is 0 Å². The summed E-state index contributed by atoms with van der Waals surface area (Å²) in [7, 11) is 0. The van der Waals surface area contributed by atoms with Crippen molar-refractivity contribution in [3.8, 4) is 0 Å². The lowest BCUT2D eigenvalue weighted by atomic mass is 10.0. The molecule has 0 aliphatic carbocycles. The maximum absolute atomic E-state index is 12.7. The molecule has 1 aromatic carbocycles. The SMILES string of the molecule is Cc1cccc(C(=O)c2c[nH]c3ncc(Br)cc23)c1Cl. The third-order valence-corrected chi connectivity index (χ3v) is 4.11. The highest BCUT2D eigenvalue weighted by molar-refractivity contribution is 9.10. The van der Waals surface area contributed by atoms with Crippen LogP contribution in [-0.4, -0.2) is 15.8 Å². The van der Waals surface area contributed by atoms with E-state index in [2.05, 4.69) is 25.9 Å². The highest BCUT2D eigenvalue weighted by atomic mass is 79.9. The summed E-state index contributed by atoms with van der Waals surface area (Å²) >= 11 is 9.60. The van der Waals surface area contributed by atoms with Crippen molar-refractivity contribution in [2.24, 2.45) is 0 Å². The number of H-pyrrole nitrogens is 1. The Morgan fingerprint density at radius 1 is 1.35 bits per heavy atom. The van der Waals surface area contributed by atoms with E-state index < -0.39 is 0 Å². The maximum Gasteiger partial charge on any atom is 0.196 e. The number of hydrogen-bond acceptors (Lipinski definition) is 2. The second-order valence-corrected chi connectivity index (χ2v) is 5.81. The van der Waals surface area contributed by atoms with Crippen LogP contribution in [0.1, 0.15) is 21.5 Å². The van der Waals surface area contributed by atoms with Gasteiger partial charge < -0.3 is 4.98 Å². The van der Waals surface area contributed by atoms with Crippen molar-refractivity contribution >= 4 is 44.3 Å². The van der Waals surface area contributed by atoms with Gasteiger partial charge in [0, 0.05) is 33.4 Å². The van der Waals surface area contributed by atoms with Gasteiger partial charge in [-0.3, -0.25) is 4.79 Å². The number of nitrogens with one attached hydrogen (secondary N) is 1. The van der Waals surface area contributed by atoms with E-state index in [0.29, 0.717) is 21.8 Å². The number of carbonyl (C=O) groups excluding carboxylic acids is 1. The molecule has 0 saturated carbocycles. The van der Waals surface area contributed by atoms with Gasteiger partial charge in [-0.05, 0) is 40.5 Å². The van der Waals surface area contributed by atoms with Crippen LogP contribution in [0, 0.1) is 6.92 Å². The van der Waals surface area contributed by atoms with Crippen molar-refractivity contribution in [3.05, 3.63) is 62.8 Å². The van der Waals surface area contributed by atoms with Crippen LogP contribution < -0.4 is 0 Å². The quantitative estimate of drug-likeness (QED) is 0.691. The Bertz CT molecular complexity index is 826. The number of halogens is 2. The van der Waals surface area contributed by atoms with E-state index in [0.717, 1.165) is 15.4 Å². The summed E-state index contributed by atoms with van der Waals surface area (Å²) in [6, 6.07) is 7.32. The molecule has 100 valence electrons. The molecular weight excluding hydrogens is 340 g/mol.